The molecule has 0 saturated carbocycles. The molecule has 0 unspecified atom stereocenters. The Bertz CT molecular complexity index is 793. The lowest BCUT2D eigenvalue weighted by molar-refractivity contribution is -0.120. The molecule has 0 aliphatic carbocycles. The molecule has 5 nitrogen and oxygen atoms in total. The predicted molar refractivity (Wildman–Crippen MR) is 94.3 cm³/mol. The van der Waals surface area contributed by atoms with Crippen LogP contribution in [-0.4, -0.2) is 18.4 Å². The maximum Gasteiger partial charge on any atom is 0.244 e. The highest BCUT2D eigenvalue weighted by atomic mass is 35.5. The van der Waals surface area contributed by atoms with E-state index in [-0.39, 0.29) is 12.5 Å². The number of para-hydroxylation sites is 1. The summed E-state index contributed by atoms with van der Waals surface area (Å²) in [6.07, 6.45) is 0. The van der Waals surface area contributed by atoms with Crippen molar-refractivity contribution in [3.8, 4) is 6.07 Å². The van der Waals surface area contributed by atoms with Gasteiger partial charge in [0.1, 0.15) is 6.54 Å². The average Bonchev–Trinajstić information content (AvgIpc) is 2.56. The molecule has 2 rings (SSSR count). The van der Waals surface area contributed by atoms with Gasteiger partial charge in [-0.05, 0) is 36.4 Å². The second kappa shape index (κ2) is 7.82. The molecule has 0 saturated heterocycles. The summed E-state index contributed by atoms with van der Waals surface area (Å²) < 4.78 is 0. The first-order valence-corrected chi connectivity index (χ1v) is 7.70. The van der Waals surface area contributed by atoms with Crippen LogP contribution in [0.5, 0.6) is 0 Å². The highest BCUT2D eigenvalue weighted by Crippen LogP contribution is 2.29. The van der Waals surface area contributed by atoms with E-state index >= 15 is 0 Å². The van der Waals surface area contributed by atoms with Gasteiger partial charge in [-0.15, -0.1) is 0 Å². The summed E-state index contributed by atoms with van der Waals surface area (Å²) in [5, 5.41) is 12.0. The van der Waals surface area contributed by atoms with E-state index < -0.39 is 5.91 Å². The zero-order valence-electron chi connectivity index (χ0n) is 12.7. The molecule has 0 heterocycles. The Morgan fingerprint density at radius 2 is 1.71 bits per heavy atom. The summed E-state index contributed by atoms with van der Waals surface area (Å²) in [6, 6.07) is 13.2. The van der Waals surface area contributed by atoms with Gasteiger partial charge in [-0.3, -0.25) is 9.59 Å². The maximum absolute atomic E-state index is 12.3. The van der Waals surface area contributed by atoms with Crippen LogP contribution in [0.25, 0.3) is 0 Å². The molecule has 1 N–H and O–H groups in total. The molecule has 122 valence electrons. The fraction of sp³-hybridized carbons (Fsp3) is 0.118. The lowest BCUT2D eigenvalue weighted by atomic mass is 10.2. The first kappa shape index (κ1) is 17.8. The molecule has 24 heavy (non-hydrogen) atoms. The van der Waals surface area contributed by atoms with Crippen LogP contribution in [0.3, 0.4) is 0 Å². The zero-order chi connectivity index (χ0) is 17.7. The molecular weight excluding hydrogens is 349 g/mol. The van der Waals surface area contributed by atoms with Crippen LogP contribution in [0.15, 0.2) is 42.5 Å². The summed E-state index contributed by atoms with van der Waals surface area (Å²) in [5.41, 5.74) is 1.28. The number of nitrogens with one attached hydrogen (secondary N) is 1. The monoisotopic (exact) mass is 361 g/mol. The minimum absolute atomic E-state index is 0.206. The molecule has 0 aliphatic heterocycles. The number of nitriles is 1. The number of anilines is 2. The Morgan fingerprint density at radius 1 is 1.12 bits per heavy atom. The van der Waals surface area contributed by atoms with E-state index in [0.717, 1.165) is 0 Å². The van der Waals surface area contributed by atoms with Crippen molar-refractivity contribution in [2.45, 2.75) is 6.92 Å². The van der Waals surface area contributed by atoms with Crippen LogP contribution >= 0.6 is 23.2 Å². The van der Waals surface area contributed by atoms with Gasteiger partial charge in [0.25, 0.3) is 0 Å². The molecule has 2 amide bonds. The number of benzene rings is 2. The fourth-order valence-corrected chi connectivity index (χ4v) is 2.53. The van der Waals surface area contributed by atoms with Crippen molar-refractivity contribution in [1.82, 2.24) is 0 Å². The van der Waals surface area contributed by atoms with Crippen molar-refractivity contribution in [2.75, 3.05) is 16.8 Å². The zero-order valence-corrected chi connectivity index (χ0v) is 14.2. The Balaban J connectivity index is 2.17. The number of rotatable bonds is 4. The maximum atomic E-state index is 12.3. The van der Waals surface area contributed by atoms with Crippen molar-refractivity contribution in [3.63, 3.8) is 0 Å². The van der Waals surface area contributed by atoms with Crippen molar-refractivity contribution < 1.29 is 9.59 Å². The standard InChI is InChI=1S/C17H13Cl2N3O2/c1-11(23)22(13-7-5-12(9-20)6-8-13)10-16(24)21-17-14(18)3-2-4-15(17)19/h2-8H,10H2,1H3,(H,21,24). The molecule has 2 aromatic carbocycles. The van der Waals surface area contributed by atoms with Gasteiger partial charge in [0, 0.05) is 12.6 Å². The summed E-state index contributed by atoms with van der Waals surface area (Å²) in [7, 11) is 0. The SMILES string of the molecule is CC(=O)N(CC(=O)Nc1c(Cl)cccc1Cl)c1ccc(C#N)cc1. The van der Waals surface area contributed by atoms with Crippen molar-refractivity contribution in [2.24, 2.45) is 0 Å². The molecule has 0 fully saturated rings. The second-order valence-electron chi connectivity index (χ2n) is 4.91. The van der Waals surface area contributed by atoms with Crippen molar-refractivity contribution in [3.05, 3.63) is 58.1 Å². The lowest BCUT2D eigenvalue weighted by Gasteiger charge is -2.21. The van der Waals surface area contributed by atoms with Gasteiger partial charge < -0.3 is 10.2 Å². The third-order valence-corrected chi connectivity index (χ3v) is 3.85. The molecule has 7 heteroatoms. The number of hydrogen-bond acceptors (Lipinski definition) is 3. The normalized spacial score (nSPS) is 9.92. The number of carbonyl (C=O) groups excluding carboxylic acids is 2. The van der Waals surface area contributed by atoms with E-state index in [2.05, 4.69) is 5.32 Å². The van der Waals surface area contributed by atoms with E-state index in [1.165, 1.54) is 11.8 Å². The predicted octanol–water partition coefficient (Wildman–Crippen LogP) is 3.86. The fourth-order valence-electron chi connectivity index (χ4n) is 2.04. The van der Waals surface area contributed by atoms with E-state index in [9.17, 15) is 9.59 Å². The number of carbonyl (C=O) groups is 2. The molecule has 2 aromatic rings. The average molecular weight is 362 g/mol. The van der Waals surface area contributed by atoms with Crippen LogP contribution in [-0.2, 0) is 9.59 Å². The van der Waals surface area contributed by atoms with Crippen LogP contribution in [0.1, 0.15) is 12.5 Å². The molecule has 0 aliphatic rings. The van der Waals surface area contributed by atoms with Gasteiger partial charge in [0.15, 0.2) is 0 Å². The first-order valence-electron chi connectivity index (χ1n) is 6.94. The number of halogens is 2. The Labute approximate surface area is 149 Å². The Hall–Kier alpha value is -2.55. The lowest BCUT2D eigenvalue weighted by Crippen LogP contribution is -2.36. The molecule has 0 radical (unpaired) electrons. The Kier molecular flexibility index (Phi) is 5.80. The summed E-state index contributed by atoms with van der Waals surface area (Å²) in [4.78, 5) is 25.4. The second-order valence-corrected chi connectivity index (χ2v) is 5.72. The molecule has 0 atom stereocenters. The number of nitrogens with zero attached hydrogens (tertiary/aromatic N) is 2. The van der Waals surface area contributed by atoms with Crippen molar-refractivity contribution in [1.29, 1.82) is 5.26 Å². The van der Waals surface area contributed by atoms with Gasteiger partial charge in [0.2, 0.25) is 11.8 Å². The van der Waals surface area contributed by atoms with Crippen molar-refractivity contribution >= 4 is 46.4 Å². The highest BCUT2D eigenvalue weighted by Gasteiger charge is 2.17. The molecule has 0 spiro atoms. The van der Waals surface area contributed by atoms with E-state index in [1.54, 1.807) is 42.5 Å². The van der Waals surface area contributed by atoms with Gasteiger partial charge in [-0.25, -0.2) is 0 Å². The van der Waals surface area contributed by atoms with Crippen LogP contribution in [0.2, 0.25) is 10.0 Å². The van der Waals surface area contributed by atoms with Gasteiger partial charge in [-0.1, -0.05) is 29.3 Å². The highest BCUT2D eigenvalue weighted by molar-refractivity contribution is 6.39. The van der Waals surface area contributed by atoms with Gasteiger partial charge in [0.05, 0.1) is 27.4 Å². The first-order chi connectivity index (χ1) is 11.4. The number of hydrogen-bond donors (Lipinski definition) is 1. The summed E-state index contributed by atoms with van der Waals surface area (Å²) in [5.74, 6) is -0.746. The minimum Gasteiger partial charge on any atom is -0.322 e. The third kappa shape index (κ3) is 4.25. The van der Waals surface area contributed by atoms with Crippen LogP contribution < -0.4 is 10.2 Å². The van der Waals surface area contributed by atoms with Crippen LogP contribution in [0, 0.1) is 11.3 Å². The van der Waals surface area contributed by atoms with E-state index in [4.69, 9.17) is 28.5 Å². The molecular formula is C17H13Cl2N3O2. The third-order valence-electron chi connectivity index (χ3n) is 3.22. The van der Waals surface area contributed by atoms with E-state index in [0.29, 0.717) is 27.0 Å². The number of amides is 2. The van der Waals surface area contributed by atoms with E-state index in [1.807, 2.05) is 6.07 Å². The topological polar surface area (TPSA) is 73.2 Å². The quantitative estimate of drug-likeness (QED) is 0.898. The molecule has 0 aromatic heterocycles. The largest absolute Gasteiger partial charge is 0.322 e. The summed E-state index contributed by atoms with van der Waals surface area (Å²) in [6.45, 7) is 1.15. The summed E-state index contributed by atoms with van der Waals surface area (Å²) >= 11 is 12.0. The minimum atomic E-state index is -0.440. The van der Waals surface area contributed by atoms with Gasteiger partial charge in [-0.2, -0.15) is 5.26 Å². The van der Waals surface area contributed by atoms with Crippen LogP contribution in [0.4, 0.5) is 11.4 Å². The smallest absolute Gasteiger partial charge is 0.244 e. The Morgan fingerprint density at radius 3 is 2.21 bits per heavy atom. The van der Waals surface area contributed by atoms with Gasteiger partial charge >= 0.3 is 0 Å². The molecule has 0 bridgehead atoms.